The Bertz CT molecular complexity index is 656. The van der Waals surface area contributed by atoms with Crippen LogP contribution in [0.5, 0.6) is 11.5 Å². The third-order valence-corrected chi connectivity index (χ3v) is 2.82. The van der Waals surface area contributed by atoms with E-state index in [4.69, 9.17) is 14.7 Å². The van der Waals surface area contributed by atoms with Crippen LogP contribution >= 0.6 is 0 Å². The zero-order valence-corrected chi connectivity index (χ0v) is 11.7. The van der Waals surface area contributed by atoms with E-state index in [1.807, 2.05) is 13.0 Å². The minimum atomic E-state index is -0.125. The Morgan fingerprint density at radius 2 is 1.86 bits per heavy atom. The van der Waals surface area contributed by atoms with Gasteiger partial charge in [0.15, 0.2) is 12.4 Å². The lowest BCUT2D eigenvalue weighted by molar-refractivity contribution is 0.0921. The number of hydrogen-bond acceptors (Lipinski definition) is 4. The summed E-state index contributed by atoms with van der Waals surface area (Å²) >= 11 is 0. The second kappa shape index (κ2) is 7.11. The Morgan fingerprint density at radius 3 is 2.52 bits per heavy atom. The molecule has 0 aliphatic heterocycles. The lowest BCUT2D eigenvalue weighted by atomic mass is 10.1. The maximum Gasteiger partial charge on any atom is 0.200 e. The molecule has 4 heteroatoms. The van der Waals surface area contributed by atoms with Crippen molar-refractivity contribution in [3.05, 3.63) is 59.7 Å². The topological polar surface area (TPSA) is 59.3 Å². The van der Waals surface area contributed by atoms with Gasteiger partial charge in [-0.15, -0.1) is 0 Å². The van der Waals surface area contributed by atoms with Crippen molar-refractivity contribution in [3.63, 3.8) is 0 Å². The Balaban J connectivity index is 1.96. The van der Waals surface area contributed by atoms with Crippen molar-refractivity contribution < 1.29 is 14.3 Å². The Labute approximate surface area is 123 Å². The monoisotopic (exact) mass is 281 g/mol. The molecular formula is C17H15NO3. The predicted molar refractivity (Wildman–Crippen MR) is 78.6 cm³/mol. The third kappa shape index (κ3) is 4.08. The number of nitrogens with zero attached hydrogens (tertiary/aromatic N) is 1. The van der Waals surface area contributed by atoms with Crippen LogP contribution < -0.4 is 9.47 Å². The van der Waals surface area contributed by atoms with Crippen molar-refractivity contribution in [2.24, 2.45) is 0 Å². The maximum absolute atomic E-state index is 12.0. The van der Waals surface area contributed by atoms with E-state index in [0.29, 0.717) is 23.5 Å². The van der Waals surface area contributed by atoms with Crippen molar-refractivity contribution in [3.8, 4) is 17.6 Å². The molecule has 0 saturated carbocycles. The summed E-state index contributed by atoms with van der Waals surface area (Å²) in [6, 6.07) is 15.7. The first kappa shape index (κ1) is 14.6. The highest BCUT2D eigenvalue weighted by molar-refractivity contribution is 5.97. The lowest BCUT2D eigenvalue weighted by Gasteiger charge is -2.07. The summed E-state index contributed by atoms with van der Waals surface area (Å²) in [5.41, 5.74) is 1.07. The summed E-state index contributed by atoms with van der Waals surface area (Å²) in [5.74, 6) is 1.12. The average Bonchev–Trinajstić information content (AvgIpc) is 2.54. The van der Waals surface area contributed by atoms with Crippen LogP contribution in [-0.2, 0) is 0 Å². The molecule has 4 nitrogen and oxygen atoms in total. The minimum Gasteiger partial charge on any atom is -0.494 e. The fourth-order valence-electron chi connectivity index (χ4n) is 1.79. The highest BCUT2D eigenvalue weighted by Gasteiger charge is 2.07. The van der Waals surface area contributed by atoms with Gasteiger partial charge in [-0.05, 0) is 49.4 Å². The second-order valence-electron chi connectivity index (χ2n) is 4.31. The summed E-state index contributed by atoms with van der Waals surface area (Å²) < 4.78 is 10.7. The zero-order valence-electron chi connectivity index (χ0n) is 11.7. The molecule has 0 amide bonds. The molecule has 0 saturated heterocycles. The van der Waals surface area contributed by atoms with Crippen LogP contribution in [0, 0.1) is 11.3 Å². The molecule has 0 radical (unpaired) electrons. The van der Waals surface area contributed by atoms with Crippen LogP contribution in [0.1, 0.15) is 22.8 Å². The van der Waals surface area contributed by atoms with Gasteiger partial charge in [0.1, 0.15) is 11.5 Å². The van der Waals surface area contributed by atoms with Crippen molar-refractivity contribution in [1.82, 2.24) is 0 Å². The van der Waals surface area contributed by atoms with Gasteiger partial charge in [0, 0.05) is 5.56 Å². The number of rotatable bonds is 6. The first-order valence-electron chi connectivity index (χ1n) is 6.62. The SMILES string of the molecule is CCOc1ccc(C(=O)COc2cccc(C#N)c2)cc1. The van der Waals surface area contributed by atoms with Gasteiger partial charge in [0.2, 0.25) is 0 Å². The van der Waals surface area contributed by atoms with Crippen LogP contribution in [0.2, 0.25) is 0 Å². The molecule has 0 heterocycles. The molecule has 106 valence electrons. The molecule has 0 spiro atoms. The quantitative estimate of drug-likeness (QED) is 0.763. The number of nitriles is 1. The average molecular weight is 281 g/mol. The van der Waals surface area contributed by atoms with Crippen molar-refractivity contribution >= 4 is 5.78 Å². The van der Waals surface area contributed by atoms with E-state index in [9.17, 15) is 4.79 Å². The summed E-state index contributed by atoms with van der Waals surface area (Å²) in [6.07, 6.45) is 0. The fraction of sp³-hybridized carbons (Fsp3) is 0.176. The Hall–Kier alpha value is -2.80. The summed E-state index contributed by atoms with van der Waals surface area (Å²) in [4.78, 5) is 12.0. The lowest BCUT2D eigenvalue weighted by Crippen LogP contribution is -2.11. The number of ether oxygens (including phenoxy) is 2. The van der Waals surface area contributed by atoms with Gasteiger partial charge in [-0.25, -0.2) is 0 Å². The number of benzene rings is 2. The van der Waals surface area contributed by atoms with E-state index in [1.54, 1.807) is 48.5 Å². The molecule has 0 aromatic heterocycles. The van der Waals surface area contributed by atoms with Gasteiger partial charge in [0.05, 0.1) is 18.2 Å². The fourth-order valence-corrected chi connectivity index (χ4v) is 1.79. The van der Waals surface area contributed by atoms with E-state index in [-0.39, 0.29) is 12.4 Å². The molecule has 21 heavy (non-hydrogen) atoms. The Kier molecular flexibility index (Phi) is 4.94. The molecule has 0 fully saturated rings. The second-order valence-corrected chi connectivity index (χ2v) is 4.31. The van der Waals surface area contributed by atoms with E-state index in [2.05, 4.69) is 0 Å². The first-order valence-corrected chi connectivity index (χ1v) is 6.62. The van der Waals surface area contributed by atoms with E-state index in [1.165, 1.54) is 0 Å². The first-order chi connectivity index (χ1) is 10.2. The van der Waals surface area contributed by atoms with Crippen LogP contribution in [0.25, 0.3) is 0 Å². The van der Waals surface area contributed by atoms with E-state index < -0.39 is 0 Å². The van der Waals surface area contributed by atoms with Crippen molar-refractivity contribution in [2.45, 2.75) is 6.92 Å². The highest BCUT2D eigenvalue weighted by atomic mass is 16.5. The smallest absolute Gasteiger partial charge is 0.200 e. The summed E-state index contributed by atoms with van der Waals surface area (Å²) in [6.45, 7) is 2.43. The van der Waals surface area contributed by atoms with Gasteiger partial charge in [0.25, 0.3) is 0 Å². The Morgan fingerprint density at radius 1 is 1.10 bits per heavy atom. The van der Waals surface area contributed by atoms with E-state index >= 15 is 0 Å². The normalized spacial score (nSPS) is 9.71. The molecule has 2 aromatic rings. The van der Waals surface area contributed by atoms with Gasteiger partial charge in [-0.1, -0.05) is 6.07 Å². The maximum atomic E-state index is 12.0. The van der Waals surface area contributed by atoms with Gasteiger partial charge >= 0.3 is 0 Å². The molecule has 0 aliphatic carbocycles. The molecule has 0 unspecified atom stereocenters. The largest absolute Gasteiger partial charge is 0.494 e. The molecular weight excluding hydrogens is 266 g/mol. The molecule has 0 bridgehead atoms. The number of Topliss-reactive ketones (excluding diaryl/α,β-unsaturated/α-hetero) is 1. The van der Waals surface area contributed by atoms with Crippen LogP contribution in [0.15, 0.2) is 48.5 Å². The van der Waals surface area contributed by atoms with Gasteiger partial charge in [-0.2, -0.15) is 5.26 Å². The third-order valence-electron chi connectivity index (χ3n) is 2.82. The summed E-state index contributed by atoms with van der Waals surface area (Å²) in [5, 5.41) is 8.80. The van der Waals surface area contributed by atoms with Gasteiger partial charge < -0.3 is 9.47 Å². The van der Waals surface area contributed by atoms with Crippen molar-refractivity contribution in [2.75, 3.05) is 13.2 Å². The summed E-state index contributed by atoms with van der Waals surface area (Å²) in [7, 11) is 0. The highest BCUT2D eigenvalue weighted by Crippen LogP contribution is 2.15. The van der Waals surface area contributed by atoms with E-state index in [0.717, 1.165) is 5.75 Å². The number of hydrogen-bond donors (Lipinski definition) is 0. The number of carbonyl (C=O) groups is 1. The van der Waals surface area contributed by atoms with Crippen molar-refractivity contribution in [1.29, 1.82) is 5.26 Å². The zero-order chi connectivity index (χ0) is 15.1. The van der Waals surface area contributed by atoms with Gasteiger partial charge in [-0.3, -0.25) is 4.79 Å². The molecule has 0 N–H and O–H groups in total. The molecule has 0 aliphatic rings. The standard InChI is InChI=1S/C17H15NO3/c1-2-20-15-8-6-14(7-9-15)17(19)12-21-16-5-3-4-13(10-16)11-18/h3-10H,2,12H2,1H3. The molecule has 2 aromatic carbocycles. The molecule has 0 atom stereocenters. The number of carbonyl (C=O) groups excluding carboxylic acids is 1. The molecule has 2 rings (SSSR count). The number of ketones is 1. The van der Waals surface area contributed by atoms with Crippen LogP contribution in [0.4, 0.5) is 0 Å². The minimum absolute atomic E-state index is 0.0666. The predicted octanol–water partition coefficient (Wildman–Crippen LogP) is 3.22. The van der Waals surface area contributed by atoms with Crippen LogP contribution in [-0.4, -0.2) is 19.0 Å². The van der Waals surface area contributed by atoms with Crippen LogP contribution in [0.3, 0.4) is 0 Å².